The zero-order valence-corrected chi connectivity index (χ0v) is 22.5. The fourth-order valence-corrected chi connectivity index (χ4v) is 3.24. The van der Waals surface area contributed by atoms with E-state index in [0.29, 0.717) is 0 Å². The summed E-state index contributed by atoms with van der Waals surface area (Å²) in [7, 11) is 0. The van der Waals surface area contributed by atoms with Crippen LogP contribution in [0.25, 0.3) is 0 Å². The number of nitrogens with zero attached hydrogens (tertiary/aromatic N) is 3. The molecule has 1 rings (SSSR count). The highest BCUT2D eigenvalue weighted by Gasteiger charge is 2.17. The van der Waals surface area contributed by atoms with Crippen LogP contribution >= 0.6 is 12.6 Å². The fourth-order valence-electron chi connectivity index (χ4n) is 3.09. The second-order valence-electron chi connectivity index (χ2n) is 9.21. The summed E-state index contributed by atoms with van der Waals surface area (Å²) in [5, 5.41) is -0.226. The summed E-state index contributed by atoms with van der Waals surface area (Å²) in [4.78, 5) is 74.1. The number of carbonyl (C=O) groups is 3. The summed E-state index contributed by atoms with van der Waals surface area (Å²) < 4.78 is 17.5. The van der Waals surface area contributed by atoms with Gasteiger partial charge >= 0.3 is 35.0 Å². The van der Waals surface area contributed by atoms with Gasteiger partial charge in [0.25, 0.3) is 0 Å². The van der Waals surface area contributed by atoms with Gasteiger partial charge < -0.3 is 14.2 Å². The average Bonchev–Trinajstić information content (AvgIpc) is 2.73. The molecule has 0 aliphatic heterocycles. The first-order valence-electron chi connectivity index (χ1n) is 11.9. The molecular weight excluding hydrogens is 494 g/mol. The Bertz CT molecular complexity index is 906. The molecule has 0 spiro atoms. The van der Waals surface area contributed by atoms with Crippen LogP contribution in [0.4, 0.5) is 0 Å². The Morgan fingerprint density at radius 2 is 0.889 bits per heavy atom. The van der Waals surface area contributed by atoms with Crippen LogP contribution in [0.2, 0.25) is 0 Å². The number of thiol groups is 1. The lowest BCUT2D eigenvalue weighted by atomic mass is 10.1. The molecule has 0 fully saturated rings. The van der Waals surface area contributed by atoms with Gasteiger partial charge in [-0.25, -0.2) is 28.1 Å². The molecule has 1 atom stereocenters. The Balaban J connectivity index is 3.13. The number of aromatic nitrogens is 3. The van der Waals surface area contributed by atoms with E-state index in [2.05, 4.69) is 12.6 Å². The molecule has 12 nitrogen and oxygen atoms in total. The van der Waals surface area contributed by atoms with Gasteiger partial charge in [0.15, 0.2) is 0 Å². The Hall–Kier alpha value is -2.83. The van der Waals surface area contributed by atoms with Gasteiger partial charge in [-0.3, -0.25) is 14.4 Å². The van der Waals surface area contributed by atoms with Crippen LogP contribution in [0.3, 0.4) is 0 Å². The van der Waals surface area contributed by atoms with Crippen LogP contribution in [0.5, 0.6) is 0 Å². The van der Waals surface area contributed by atoms with E-state index in [1.165, 1.54) is 0 Å². The van der Waals surface area contributed by atoms with Crippen molar-refractivity contribution in [2.75, 3.05) is 19.8 Å². The zero-order chi connectivity index (χ0) is 27.4. The second-order valence-corrected chi connectivity index (χ2v) is 10.1. The highest BCUT2D eigenvalue weighted by molar-refractivity contribution is 7.80. The average molecular weight is 532 g/mol. The van der Waals surface area contributed by atoms with Crippen LogP contribution in [0.15, 0.2) is 14.4 Å². The molecule has 0 bridgehead atoms. The summed E-state index contributed by atoms with van der Waals surface area (Å²) in [5.41, 5.74) is -2.80. The third kappa shape index (κ3) is 10.8. The lowest BCUT2D eigenvalue weighted by Crippen LogP contribution is -2.55. The van der Waals surface area contributed by atoms with Crippen molar-refractivity contribution in [2.45, 2.75) is 78.8 Å². The lowest BCUT2D eigenvalue weighted by Gasteiger charge is -2.15. The molecule has 204 valence electrons. The summed E-state index contributed by atoms with van der Waals surface area (Å²) in [6, 6.07) is 0. The molecule has 0 aromatic carbocycles. The van der Waals surface area contributed by atoms with Gasteiger partial charge in [-0.1, -0.05) is 34.6 Å². The quantitative estimate of drug-likeness (QED) is 0.195. The van der Waals surface area contributed by atoms with Gasteiger partial charge in [0.2, 0.25) is 0 Å². The molecule has 0 aliphatic carbocycles. The fraction of sp³-hybridized carbons (Fsp3) is 0.739. The van der Waals surface area contributed by atoms with Gasteiger partial charge in [-0.15, -0.1) is 0 Å². The summed E-state index contributed by atoms with van der Waals surface area (Å²) in [5.74, 6) is -1.35. The van der Waals surface area contributed by atoms with Crippen molar-refractivity contribution in [3.05, 3.63) is 31.5 Å². The van der Waals surface area contributed by atoms with Crippen molar-refractivity contribution < 1.29 is 28.6 Å². The molecule has 1 aromatic rings. The Kier molecular flexibility index (Phi) is 13.3. The smallest absolute Gasteiger partial charge is 0.336 e. The van der Waals surface area contributed by atoms with Crippen LogP contribution < -0.4 is 17.1 Å². The van der Waals surface area contributed by atoms with Crippen LogP contribution in [-0.2, 0) is 48.2 Å². The van der Waals surface area contributed by atoms with Crippen molar-refractivity contribution in [2.24, 2.45) is 11.8 Å². The zero-order valence-electron chi connectivity index (χ0n) is 21.6. The lowest BCUT2D eigenvalue weighted by molar-refractivity contribution is -0.145. The monoisotopic (exact) mass is 531 g/mol. The van der Waals surface area contributed by atoms with Crippen molar-refractivity contribution in [3.8, 4) is 0 Å². The Morgan fingerprint density at radius 1 is 0.611 bits per heavy atom. The third-order valence-corrected chi connectivity index (χ3v) is 4.91. The molecule has 13 heteroatoms. The molecule has 36 heavy (non-hydrogen) atoms. The van der Waals surface area contributed by atoms with Crippen molar-refractivity contribution in [1.29, 1.82) is 0 Å². The molecule has 1 heterocycles. The second kappa shape index (κ2) is 15.3. The predicted octanol–water partition coefficient (Wildman–Crippen LogP) is 0.602. The third-order valence-electron chi connectivity index (χ3n) is 4.73. The molecule has 1 aromatic heterocycles. The van der Waals surface area contributed by atoms with Crippen LogP contribution in [0, 0.1) is 11.8 Å². The molecule has 0 radical (unpaired) electrons. The number of esters is 3. The first-order chi connectivity index (χ1) is 16.8. The first-order valence-corrected chi connectivity index (χ1v) is 12.4. The molecule has 1 unspecified atom stereocenters. The van der Waals surface area contributed by atoms with Crippen LogP contribution in [-0.4, -0.2) is 56.7 Å². The highest BCUT2D eigenvalue weighted by atomic mass is 32.1. The van der Waals surface area contributed by atoms with E-state index < -0.39 is 35.0 Å². The topological polar surface area (TPSA) is 145 Å². The SMILES string of the molecule is CC(C)CC(=O)OCCn1c(=O)n(CCOC(=O)CC(C)C)c(=O)n(CCOC(=O)CC(C)S)c1=O. The molecule has 0 aliphatic rings. The molecule has 0 saturated heterocycles. The van der Waals surface area contributed by atoms with E-state index in [-0.39, 0.29) is 75.8 Å². The Morgan fingerprint density at radius 3 is 1.14 bits per heavy atom. The van der Waals surface area contributed by atoms with E-state index in [0.717, 1.165) is 13.7 Å². The normalized spacial score (nSPS) is 12.0. The van der Waals surface area contributed by atoms with Crippen LogP contribution in [0.1, 0.15) is 53.9 Å². The van der Waals surface area contributed by atoms with Crippen molar-refractivity contribution >= 4 is 30.5 Å². The van der Waals surface area contributed by atoms with Gasteiger partial charge in [-0.2, -0.15) is 12.6 Å². The maximum absolute atomic E-state index is 12.9. The van der Waals surface area contributed by atoms with Crippen molar-refractivity contribution in [1.82, 2.24) is 13.7 Å². The minimum atomic E-state index is -0.934. The number of hydrogen-bond donors (Lipinski definition) is 1. The van der Waals surface area contributed by atoms with E-state index in [4.69, 9.17) is 14.2 Å². The number of rotatable bonds is 15. The number of carbonyl (C=O) groups excluding carboxylic acids is 3. The maximum atomic E-state index is 12.9. The van der Waals surface area contributed by atoms with E-state index in [1.807, 2.05) is 27.7 Å². The van der Waals surface area contributed by atoms with E-state index >= 15 is 0 Å². The maximum Gasteiger partial charge on any atom is 0.336 e. The molecule has 0 N–H and O–H groups in total. The minimum absolute atomic E-state index is 0.0469. The molecular formula is C23H37N3O9S. The number of hydrogen-bond acceptors (Lipinski definition) is 10. The van der Waals surface area contributed by atoms with Gasteiger partial charge in [0.05, 0.1) is 26.1 Å². The summed E-state index contributed by atoms with van der Waals surface area (Å²) >= 11 is 4.11. The first kappa shape index (κ1) is 31.2. The van der Waals surface area contributed by atoms with E-state index in [1.54, 1.807) is 6.92 Å². The largest absolute Gasteiger partial charge is 0.464 e. The summed E-state index contributed by atoms with van der Waals surface area (Å²) in [6.45, 7) is 7.44. The molecule has 0 amide bonds. The minimum Gasteiger partial charge on any atom is -0.464 e. The van der Waals surface area contributed by atoms with E-state index in [9.17, 15) is 28.8 Å². The van der Waals surface area contributed by atoms with Gasteiger partial charge in [0, 0.05) is 18.1 Å². The highest BCUT2D eigenvalue weighted by Crippen LogP contribution is 2.02. The predicted molar refractivity (Wildman–Crippen MR) is 134 cm³/mol. The van der Waals surface area contributed by atoms with Gasteiger partial charge in [0.1, 0.15) is 19.8 Å². The Labute approximate surface area is 214 Å². The van der Waals surface area contributed by atoms with Crippen molar-refractivity contribution in [3.63, 3.8) is 0 Å². The summed E-state index contributed by atoms with van der Waals surface area (Å²) in [6.07, 6.45) is 0.401. The molecule has 0 saturated carbocycles. The number of ether oxygens (including phenoxy) is 3. The van der Waals surface area contributed by atoms with Gasteiger partial charge in [-0.05, 0) is 11.8 Å². The standard InChI is InChI=1S/C23H37N3O9S/c1-15(2)12-18(27)33-9-6-24-21(30)25(7-10-34-19(28)13-16(3)4)23(32)26(22(24)31)8-11-35-20(29)14-17(5)36/h15-17,36H,6-14H2,1-5H3.